The highest BCUT2D eigenvalue weighted by Gasteiger charge is 2.31. The maximum absolute atomic E-state index is 12.5. The van der Waals surface area contributed by atoms with Crippen molar-refractivity contribution in [1.29, 1.82) is 0 Å². The molecule has 0 saturated carbocycles. The second-order valence-corrected chi connectivity index (χ2v) is 5.53. The molecular formula is C16H15F3N4O. The number of aromatic nitrogens is 2. The van der Waals surface area contributed by atoms with Crippen LogP contribution in [0.3, 0.4) is 0 Å². The Balaban J connectivity index is 1.59. The van der Waals surface area contributed by atoms with Gasteiger partial charge in [-0.15, -0.1) is 0 Å². The number of hydrogen-bond donors (Lipinski definition) is 1. The molecule has 1 atom stereocenters. The number of nitrogens with one attached hydrogen (secondary N) is 1. The third kappa shape index (κ3) is 3.64. The van der Waals surface area contributed by atoms with E-state index in [1.165, 1.54) is 6.07 Å². The van der Waals surface area contributed by atoms with E-state index in [9.17, 15) is 18.0 Å². The lowest BCUT2D eigenvalue weighted by molar-refractivity contribution is -0.137. The molecule has 1 amide bonds. The number of alkyl halides is 3. The molecule has 3 rings (SSSR count). The quantitative estimate of drug-likeness (QED) is 0.936. The van der Waals surface area contributed by atoms with Crippen molar-refractivity contribution >= 4 is 11.7 Å². The van der Waals surface area contributed by atoms with E-state index in [1.54, 1.807) is 29.3 Å². The molecule has 24 heavy (non-hydrogen) atoms. The molecule has 1 fully saturated rings. The van der Waals surface area contributed by atoms with Crippen molar-refractivity contribution in [2.24, 2.45) is 0 Å². The summed E-state index contributed by atoms with van der Waals surface area (Å²) in [5.41, 5.74) is -0.405. The lowest BCUT2D eigenvalue weighted by Crippen LogP contribution is -2.32. The molecule has 0 aromatic carbocycles. The van der Waals surface area contributed by atoms with E-state index < -0.39 is 11.7 Å². The molecule has 0 bridgehead atoms. The summed E-state index contributed by atoms with van der Waals surface area (Å²) < 4.78 is 37.5. The first-order chi connectivity index (χ1) is 11.4. The molecule has 3 heterocycles. The van der Waals surface area contributed by atoms with Crippen LogP contribution in [-0.4, -0.2) is 39.9 Å². The van der Waals surface area contributed by atoms with Gasteiger partial charge in [0.15, 0.2) is 0 Å². The van der Waals surface area contributed by atoms with Gasteiger partial charge in [0.1, 0.15) is 11.5 Å². The predicted octanol–water partition coefficient (Wildman–Crippen LogP) is 2.82. The van der Waals surface area contributed by atoms with Gasteiger partial charge in [-0.05, 0) is 30.7 Å². The number of hydrogen-bond acceptors (Lipinski definition) is 4. The number of rotatable bonds is 3. The monoisotopic (exact) mass is 336 g/mol. The van der Waals surface area contributed by atoms with Crippen LogP contribution in [0.4, 0.5) is 19.0 Å². The molecule has 1 saturated heterocycles. The van der Waals surface area contributed by atoms with Gasteiger partial charge in [-0.1, -0.05) is 6.07 Å². The third-order valence-electron chi connectivity index (χ3n) is 3.80. The number of carbonyl (C=O) groups is 1. The van der Waals surface area contributed by atoms with Crippen LogP contribution in [0.1, 0.15) is 22.5 Å². The lowest BCUT2D eigenvalue weighted by atomic mass is 10.2. The van der Waals surface area contributed by atoms with E-state index in [1.807, 2.05) is 0 Å². The minimum atomic E-state index is -4.40. The third-order valence-corrected chi connectivity index (χ3v) is 3.80. The van der Waals surface area contributed by atoms with Crippen LogP contribution in [0, 0.1) is 0 Å². The van der Waals surface area contributed by atoms with Crippen LogP contribution in [-0.2, 0) is 6.18 Å². The van der Waals surface area contributed by atoms with Crippen molar-refractivity contribution in [3.8, 4) is 0 Å². The number of anilines is 1. The largest absolute Gasteiger partial charge is 0.417 e. The number of carbonyl (C=O) groups excluding carboxylic acids is 1. The Hall–Kier alpha value is -2.64. The second-order valence-electron chi connectivity index (χ2n) is 5.53. The van der Waals surface area contributed by atoms with E-state index in [4.69, 9.17) is 0 Å². The minimum Gasteiger partial charge on any atom is -0.365 e. The van der Waals surface area contributed by atoms with Crippen LogP contribution >= 0.6 is 0 Å². The topological polar surface area (TPSA) is 58.1 Å². The number of amides is 1. The molecule has 0 radical (unpaired) electrons. The fraction of sp³-hybridized carbons (Fsp3) is 0.312. The van der Waals surface area contributed by atoms with Crippen molar-refractivity contribution in [1.82, 2.24) is 14.9 Å². The molecule has 1 aliphatic rings. The van der Waals surface area contributed by atoms with Crippen molar-refractivity contribution < 1.29 is 18.0 Å². The van der Waals surface area contributed by atoms with Gasteiger partial charge in [0.25, 0.3) is 5.91 Å². The van der Waals surface area contributed by atoms with Gasteiger partial charge in [0.2, 0.25) is 0 Å². The average molecular weight is 336 g/mol. The Bertz CT molecular complexity index is 704. The average Bonchev–Trinajstić information content (AvgIpc) is 3.03. The van der Waals surface area contributed by atoms with E-state index in [-0.39, 0.29) is 11.9 Å². The Labute approximate surface area is 136 Å². The van der Waals surface area contributed by atoms with E-state index >= 15 is 0 Å². The van der Waals surface area contributed by atoms with Gasteiger partial charge in [-0.25, -0.2) is 4.98 Å². The van der Waals surface area contributed by atoms with E-state index in [0.29, 0.717) is 31.0 Å². The van der Waals surface area contributed by atoms with Crippen molar-refractivity contribution in [3.63, 3.8) is 0 Å². The smallest absolute Gasteiger partial charge is 0.365 e. The predicted molar refractivity (Wildman–Crippen MR) is 81.4 cm³/mol. The maximum Gasteiger partial charge on any atom is 0.417 e. The summed E-state index contributed by atoms with van der Waals surface area (Å²) in [6.45, 7) is 1.02. The summed E-state index contributed by atoms with van der Waals surface area (Å²) in [5, 5.41) is 3.06. The standard InChI is InChI=1S/C16H15F3N4O/c17-16(18,19)11-4-5-14(21-9-11)22-12-6-8-23(10-12)15(24)13-3-1-2-7-20-13/h1-5,7,9,12H,6,8,10H2,(H,21,22). The summed E-state index contributed by atoms with van der Waals surface area (Å²) in [7, 11) is 0. The van der Waals surface area contributed by atoms with Gasteiger partial charge >= 0.3 is 6.18 Å². The number of nitrogens with zero attached hydrogens (tertiary/aromatic N) is 3. The molecule has 126 valence electrons. The van der Waals surface area contributed by atoms with Gasteiger partial charge in [-0.2, -0.15) is 13.2 Å². The Morgan fingerprint density at radius 1 is 1.21 bits per heavy atom. The molecule has 0 aliphatic carbocycles. The first-order valence-corrected chi connectivity index (χ1v) is 7.43. The Morgan fingerprint density at radius 2 is 2.04 bits per heavy atom. The highest BCUT2D eigenvalue weighted by Crippen LogP contribution is 2.29. The van der Waals surface area contributed by atoms with Crippen LogP contribution in [0.5, 0.6) is 0 Å². The summed E-state index contributed by atoms with van der Waals surface area (Å²) in [4.78, 5) is 21.8. The zero-order valence-corrected chi connectivity index (χ0v) is 12.6. The molecule has 1 N–H and O–H groups in total. The summed E-state index contributed by atoms with van der Waals surface area (Å²) in [6, 6.07) is 7.37. The molecule has 0 spiro atoms. The van der Waals surface area contributed by atoms with Gasteiger partial charge in [-0.3, -0.25) is 9.78 Å². The molecular weight excluding hydrogens is 321 g/mol. The van der Waals surface area contributed by atoms with Gasteiger partial charge < -0.3 is 10.2 Å². The first-order valence-electron chi connectivity index (χ1n) is 7.43. The van der Waals surface area contributed by atoms with E-state index in [2.05, 4.69) is 15.3 Å². The lowest BCUT2D eigenvalue weighted by Gasteiger charge is -2.17. The number of halogens is 3. The van der Waals surface area contributed by atoms with Crippen LogP contribution in [0.2, 0.25) is 0 Å². The molecule has 1 aliphatic heterocycles. The number of likely N-dealkylation sites (tertiary alicyclic amines) is 1. The number of pyridine rings is 2. The zero-order chi connectivity index (χ0) is 17.2. The highest BCUT2D eigenvalue weighted by atomic mass is 19.4. The van der Waals surface area contributed by atoms with Gasteiger partial charge in [0.05, 0.1) is 5.56 Å². The minimum absolute atomic E-state index is 0.0538. The summed E-state index contributed by atoms with van der Waals surface area (Å²) in [5.74, 6) is 0.209. The van der Waals surface area contributed by atoms with Crippen molar-refractivity contribution in [2.45, 2.75) is 18.6 Å². The molecule has 2 aromatic heterocycles. The Kier molecular flexibility index (Phi) is 4.37. The van der Waals surface area contributed by atoms with Crippen molar-refractivity contribution in [3.05, 3.63) is 54.0 Å². The van der Waals surface area contributed by atoms with Gasteiger partial charge in [0, 0.05) is 31.5 Å². The zero-order valence-electron chi connectivity index (χ0n) is 12.6. The van der Waals surface area contributed by atoms with Crippen molar-refractivity contribution in [2.75, 3.05) is 18.4 Å². The Morgan fingerprint density at radius 3 is 2.67 bits per heavy atom. The van der Waals surface area contributed by atoms with Crippen LogP contribution < -0.4 is 5.32 Å². The molecule has 1 unspecified atom stereocenters. The maximum atomic E-state index is 12.5. The highest BCUT2D eigenvalue weighted by molar-refractivity contribution is 5.92. The normalized spacial score (nSPS) is 17.8. The fourth-order valence-corrected chi connectivity index (χ4v) is 2.57. The van der Waals surface area contributed by atoms with Crippen LogP contribution in [0.25, 0.3) is 0 Å². The SMILES string of the molecule is O=C(c1ccccn1)N1CCC(Nc2ccc(C(F)(F)F)cn2)C1. The van der Waals surface area contributed by atoms with Crippen LogP contribution in [0.15, 0.2) is 42.7 Å². The molecule has 5 nitrogen and oxygen atoms in total. The molecule has 8 heteroatoms. The fourth-order valence-electron chi connectivity index (χ4n) is 2.57. The summed E-state index contributed by atoms with van der Waals surface area (Å²) in [6.07, 6.45) is -1.34. The first kappa shape index (κ1) is 16.2. The second kappa shape index (κ2) is 6.46. The molecule has 2 aromatic rings. The van der Waals surface area contributed by atoms with E-state index in [0.717, 1.165) is 12.3 Å². The summed E-state index contributed by atoms with van der Waals surface area (Å²) >= 11 is 0.